The van der Waals surface area contributed by atoms with Crippen LogP contribution in [-0.4, -0.2) is 67.1 Å². The van der Waals surface area contributed by atoms with Crippen LogP contribution in [0.25, 0.3) is 10.9 Å². The maximum Gasteiger partial charge on any atom is 0.242 e. The number of hydrogen-bond acceptors (Lipinski definition) is 4. The maximum atomic E-state index is 13.7. The number of para-hydroxylation sites is 2. The van der Waals surface area contributed by atoms with E-state index in [9.17, 15) is 9.59 Å². The summed E-state index contributed by atoms with van der Waals surface area (Å²) in [6.07, 6.45) is 3.07. The Labute approximate surface area is 214 Å². The Balaban J connectivity index is 1.82. The lowest BCUT2D eigenvalue weighted by Crippen LogP contribution is -2.45. The van der Waals surface area contributed by atoms with Crippen LogP contribution < -0.4 is 4.74 Å². The van der Waals surface area contributed by atoms with E-state index >= 15 is 0 Å². The highest BCUT2D eigenvalue weighted by atomic mass is 16.5. The van der Waals surface area contributed by atoms with Gasteiger partial charge < -0.3 is 24.3 Å². The standard InChI is InChI=1S/C29H39N3O4/c1-29(2,3)18-27(33)32(16-17-35-4)21-28(34)31(20-23-10-6-9-13-26(23)36-5)15-14-22-19-30-25-12-8-7-11-24(22)25/h6-13,19,30H,14-18,20-21H2,1-5H3. The molecule has 36 heavy (non-hydrogen) atoms. The molecule has 7 heteroatoms. The number of carbonyl (C=O) groups excluding carboxylic acids is 2. The lowest BCUT2D eigenvalue weighted by Gasteiger charge is -2.30. The minimum absolute atomic E-state index is 0.0152. The minimum atomic E-state index is -0.169. The zero-order valence-electron chi connectivity index (χ0n) is 22.2. The second-order valence-corrected chi connectivity index (χ2v) is 10.3. The molecule has 0 aliphatic rings. The molecular formula is C29H39N3O4. The van der Waals surface area contributed by atoms with Crippen LogP contribution in [0, 0.1) is 5.41 Å². The van der Waals surface area contributed by atoms with Gasteiger partial charge in [-0.25, -0.2) is 0 Å². The number of hydrogen-bond donors (Lipinski definition) is 1. The van der Waals surface area contributed by atoms with Gasteiger partial charge in [0.1, 0.15) is 5.75 Å². The van der Waals surface area contributed by atoms with Crippen molar-refractivity contribution in [2.75, 3.05) is 40.5 Å². The summed E-state index contributed by atoms with van der Waals surface area (Å²) in [4.78, 5) is 33.5. The SMILES string of the molecule is COCCN(CC(=O)N(CCc1c[nH]c2ccccc12)Cc1ccccc1OC)C(=O)CC(C)(C)C. The van der Waals surface area contributed by atoms with Crippen molar-refractivity contribution in [3.63, 3.8) is 0 Å². The fourth-order valence-corrected chi connectivity index (χ4v) is 4.25. The molecule has 0 aliphatic carbocycles. The molecule has 1 N–H and O–H groups in total. The van der Waals surface area contributed by atoms with Gasteiger partial charge in [0.25, 0.3) is 0 Å². The number of H-pyrrole nitrogens is 1. The smallest absolute Gasteiger partial charge is 0.242 e. The van der Waals surface area contributed by atoms with E-state index in [1.807, 2.05) is 74.3 Å². The van der Waals surface area contributed by atoms with Gasteiger partial charge in [-0.1, -0.05) is 57.2 Å². The second kappa shape index (κ2) is 12.6. The zero-order valence-corrected chi connectivity index (χ0v) is 22.2. The third kappa shape index (κ3) is 7.59. The molecule has 0 saturated carbocycles. The van der Waals surface area contributed by atoms with E-state index in [0.29, 0.717) is 39.1 Å². The highest BCUT2D eigenvalue weighted by Crippen LogP contribution is 2.23. The van der Waals surface area contributed by atoms with Crippen LogP contribution in [0.5, 0.6) is 5.75 Å². The number of nitrogens with zero attached hydrogens (tertiary/aromatic N) is 2. The van der Waals surface area contributed by atoms with Crippen molar-refractivity contribution in [3.05, 3.63) is 65.9 Å². The Morgan fingerprint density at radius 2 is 1.61 bits per heavy atom. The number of ether oxygens (including phenoxy) is 2. The molecule has 3 aromatic rings. The third-order valence-electron chi connectivity index (χ3n) is 6.16. The molecule has 194 valence electrons. The zero-order chi connectivity index (χ0) is 26.1. The number of fused-ring (bicyclic) bond motifs is 1. The molecule has 0 spiro atoms. The van der Waals surface area contributed by atoms with Crippen molar-refractivity contribution >= 4 is 22.7 Å². The number of carbonyl (C=O) groups is 2. The largest absolute Gasteiger partial charge is 0.496 e. The molecule has 7 nitrogen and oxygen atoms in total. The Kier molecular flexibility index (Phi) is 9.53. The lowest BCUT2D eigenvalue weighted by molar-refractivity contribution is -0.142. The van der Waals surface area contributed by atoms with Crippen molar-refractivity contribution < 1.29 is 19.1 Å². The molecular weight excluding hydrogens is 454 g/mol. The number of aromatic nitrogens is 1. The van der Waals surface area contributed by atoms with Gasteiger partial charge in [0.05, 0.1) is 20.3 Å². The van der Waals surface area contributed by atoms with Gasteiger partial charge in [0, 0.05) is 55.8 Å². The molecule has 0 atom stereocenters. The average molecular weight is 494 g/mol. The Bertz CT molecular complexity index is 1150. The van der Waals surface area contributed by atoms with Crippen LogP contribution in [0.3, 0.4) is 0 Å². The molecule has 3 rings (SSSR count). The predicted molar refractivity (Wildman–Crippen MR) is 143 cm³/mol. The van der Waals surface area contributed by atoms with Crippen LogP contribution in [-0.2, 0) is 27.3 Å². The van der Waals surface area contributed by atoms with Crippen molar-refractivity contribution in [1.29, 1.82) is 0 Å². The molecule has 1 aromatic heterocycles. The molecule has 0 saturated heterocycles. The maximum absolute atomic E-state index is 13.7. The van der Waals surface area contributed by atoms with E-state index in [4.69, 9.17) is 9.47 Å². The molecule has 0 bridgehead atoms. The Morgan fingerprint density at radius 3 is 2.33 bits per heavy atom. The number of benzene rings is 2. The van der Waals surface area contributed by atoms with E-state index in [-0.39, 0.29) is 23.8 Å². The average Bonchev–Trinajstić information content (AvgIpc) is 3.26. The summed E-state index contributed by atoms with van der Waals surface area (Å²) in [7, 11) is 3.23. The van der Waals surface area contributed by atoms with Crippen molar-refractivity contribution in [2.24, 2.45) is 5.41 Å². The lowest BCUT2D eigenvalue weighted by atomic mass is 9.91. The van der Waals surface area contributed by atoms with Gasteiger partial charge in [-0.05, 0) is 29.5 Å². The van der Waals surface area contributed by atoms with Gasteiger partial charge in [-0.2, -0.15) is 0 Å². The summed E-state index contributed by atoms with van der Waals surface area (Å²) < 4.78 is 10.8. The highest BCUT2D eigenvalue weighted by molar-refractivity contribution is 5.85. The van der Waals surface area contributed by atoms with E-state index in [0.717, 1.165) is 27.8 Å². The van der Waals surface area contributed by atoms with Gasteiger partial charge in [0.2, 0.25) is 11.8 Å². The summed E-state index contributed by atoms with van der Waals surface area (Å²) in [5, 5.41) is 1.16. The summed E-state index contributed by atoms with van der Waals surface area (Å²) in [5.41, 5.74) is 2.99. The van der Waals surface area contributed by atoms with Gasteiger partial charge in [-0.15, -0.1) is 0 Å². The summed E-state index contributed by atoms with van der Waals surface area (Å²) >= 11 is 0. The molecule has 2 amide bonds. The van der Waals surface area contributed by atoms with Crippen LogP contribution >= 0.6 is 0 Å². The van der Waals surface area contributed by atoms with Gasteiger partial charge in [0.15, 0.2) is 0 Å². The molecule has 0 unspecified atom stereocenters. The highest BCUT2D eigenvalue weighted by Gasteiger charge is 2.25. The van der Waals surface area contributed by atoms with Crippen LogP contribution in [0.2, 0.25) is 0 Å². The minimum Gasteiger partial charge on any atom is -0.496 e. The third-order valence-corrected chi connectivity index (χ3v) is 6.16. The van der Waals surface area contributed by atoms with Crippen LogP contribution in [0.15, 0.2) is 54.7 Å². The van der Waals surface area contributed by atoms with Crippen LogP contribution in [0.4, 0.5) is 0 Å². The summed E-state index contributed by atoms with van der Waals surface area (Å²) in [6, 6.07) is 15.9. The first-order valence-corrected chi connectivity index (χ1v) is 12.4. The molecule has 0 fully saturated rings. The fraction of sp³-hybridized carbons (Fsp3) is 0.448. The van der Waals surface area contributed by atoms with E-state index in [2.05, 4.69) is 11.1 Å². The number of methoxy groups -OCH3 is 2. The van der Waals surface area contributed by atoms with Crippen molar-refractivity contribution in [3.8, 4) is 5.75 Å². The fourth-order valence-electron chi connectivity index (χ4n) is 4.25. The number of nitrogens with one attached hydrogen (secondary N) is 1. The van der Waals surface area contributed by atoms with E-state index < -0.39 is 0 Å². The van der Waals surface area contributed by atoms with Gasteiger partial charge in [-0.3, -0.25) is 9.59 Å². The summed E-state index contributed by atoms with van der Waals surface area (Å²) in [6.45, 7) is 7.76. The first-order chi connectivity index (χ1) is 17.2. The topological polar surface area (TPSA) is 74.9 Å². The molecule has 1 heterocycles. The molecule has 0 radical (unpaired) electrons. The number of rotatable bonds is 12. The van der Waals surface area contributed by atoms with E-state index in [1.165, 1.54) is 0 Å². The first kappa shape index (κ1) is 27.3. The Morgan fingerprint density at radius 1 is 0.889 bits per heavy atom. The molecule has 0 aliphatic heterocycles. The molecule has 2 aromatic carbocycles. The van der Waals surface area contributed by atoms with Crippen molar-refractivity contribution in [2.45, 2.75) is 40.2 Å². The van der Waals surface area contributed by atoms with Crippen LogP contribution in [0.1, 0.15) is 38.3 Å². The Hall–Kier alpha value is -3.32. The van der Waals surface area contributed by atoms with E-state index in [1.54, 1.807) is 19.1 Å². The number of amides is 2. The van der Waals surface area contributed by atoms with Gasteiger partial charge >= 0.3 is 0 Å². The monoisotopic (exact) mass is 493 g/mol. The normalized spacial score (nSPS) is 11.5. The second-order valence-electron chi connectivity index (χ2n) is 10.3. The predicted octanol–water partition coefficient (Wildman–Crippen LogP) is 4.66. The number of aromatic amines is 1. The summed E-state index contributed by atoms with van der Waals surface area (Å²) in [5.74, 6) is 0.600. The first-order valence-electron chi connectivity index (χ1n) is 12.4. The van der Waals surface area contributed by atoms with Crippen molar-refractivity contribution in [1.82, 2.24) is 14.8 Å². The quantitative estimate of drug-likeness (QED) is 0.398.